The number of carbonyl (C=O) groups excluding carboxylic acids is 1. The summed E-state index contributed by atoms with van der Waals surface area (Å²) in [4.78, 5) is 17.4. The molecule has 2 unspecified atom stereocenters. The summed E-state index contributed by atoms with van der Waals surface area (Å²) >= 11 is 1.62. The van der Waals surface area contributed by atoms with E-state index in [9.17, 15) is 4.79 Å². The maximum absolute atomic E-state index is 12.0. The number of thiazole rings is 1. The van der Waals surface area contributed by atoms with Crippen LogP contribution >= 0.6 is 11.3 Å². The van der Waals surface area contributed by atoms with Gasteiger partial charge >= 0.3 is 0 Å². The second-order valence-corrected chi connectivity index (χ2v) is 6.54. The fourth-order valence-electron chi connectivity index (χ4n) is 1.73. The lowest BCUT2D eigenvalue weighted by molar-refractivity contribution is -0.124. The summed E-state index contributed by atoms with van der Waals surface area (Å²) < 4.78 is 0. The Labute approximate surface area is 113 Å². The number of amides is 1. The van der Waals surface area contributed by atoms with E-state index in [4.69, 9.17) is 0 Å². The van der Waals surface area contributed by atoms with Crippen LogP contribution in [0.4, 0.5) is 0 Å². The van der Waals surface area contributed by atoms with Gasteiger partial charge in [0.1, 0.15) is 0 Å². The number of nitrogens with one attached hydrogen (secondary N) is 2. The maximum Gasteiger partial charge on any atom is 0.237 e. The summed E-state index contributed by atoms with van der Waals surface area (Å²) in [5.41, 5.74) is 2.67. The minimum atomic E-state index is -0.222. The third kappa shape index (κ3) is 4.38. The minimum Gasteiger partial charge on any atom is -0.350 e. The third-order valence-electron chi connectivity index (χ3n) is 2.57. The molecule has 4 nitrogen and oxygen atoms in total. The first-order chi connectivity index (χ1) is 8.20. The summed E-state index contributed by atoms with van der Waals surface area (Å²) in [7, 11) is 0. The smallest absolute Gasteiger partial charge is 0.237 e. The van der Waals surface area contributed by atoms with Crippen molar-refractivity contribution in [3.63, 3.8) is 0 Å². The molecule has 0 spiro atoms. The van der Waals surface area contributed by atoms with Crippen LogP contribution in [0.25, 0.3) is 0 Å². The second kappa shape index (κ2) is 5.80. The Morgan fingerprint density at radius 3 is 2.44 bits per heavy atom. The third-order valence-corrected chi connectivity index (χ3v) is 3.68. The van der Waals surface area contributed by atoms with Crippen molar-refractivity contribution in [3.8, 4) is 0 Å². The van der Waals surface area contributed by atoms with E-state index in [1.807, 2.05) is 40.1 Å². The normalized spacial score (nSPS) is 15.2. The number of aryl methyl sites for hydroxylation is 1. The zero-order valence-corrected chi connectivity index (χ0v) is 12.8. The fraction of sp³-hybridized carbons (Fsp3) is 0.692. The zero-order chi connectivity index (χ0) is 13.9. The highest BCUT2D eigenvalue weighted by atomic mass is 32.1. The van der Waals surface area contributed by atoms with Crippen LogP contribution in [0.15, 0.2) is 5.51 Å². The van der Waals surface area contributed by atoms with Crippen molar-refractivity contribution >= 4 is 17.2 Å². The van der Waals surface area contributed by atoms with Crippen molar-refractivity contribution in [3.05, 3.63) is 16.1 Å². The van der Waals surface area contributed by atoms with Crippen LogP contribution in [-0.4, -0.2) is 22.5 Å². The number of hydrogen-bond acceptors (Lipinski definition) is 4. The van der Waals surface area contributed by atoms with Crippen LogP contribution in [0.1, 0.15) is 51.2 Å². The Morgan fingerprint density at radius 1 is 1.39 bits per heavy atom. The highest BCUT2D eigenvalue weighted by Gasteiger charge is 2.21. The molecule has 0 saturated carbocycles. The van der Waals surface area contributed by atoms with Gasteiger partial charge in [0, 0.05) is 16.5 Å². The lowest BCUT2D eigenvalue weighted by Gasteiger charge is -2.25. The molecule has 0 aliphatic carbocycles. The van der Waals surface area contributed by atoms with Crippen molar-refractivity contribution in [2.75, 3.05) is 0 Å². The van der Waals surface area contributed by atoms with Gasteiger partial charge in [-0.15, -0.1) is 11.3 Å². The molecule has 0 aliphatic rings. The molecule has 2 atom stereocenters. The molecule has 0 aromatic carbocycles. The fourth-order valence-corrected chi connectivity index (χ4v) is 2.55. The number of nitrogens with zero attached hydrogens (tertiary/aromatic N) is 1. The van der Waals surface area contributed by atoms with E-state index in [1.54, 1.807) is 11.3 Å². The van der Waals surface area contributed by atoms with Crippen molar-refractivity contribution in [2.45, 2.75) is 59.2 Å². The first-order valence-electron chi connectivity index (χ1n) is 6.19. The van der Waals surface area contributed by atoms with Gasteiger partial charge in [-0.25, -0.2) is 4.98 Å². The van der Waals surface area contributed by atoms with E-state index >= 15 is 0 Å². The monoisotopic (exact) mass is 269 g/mol. The minimum absolute atomic E-state index is 0.0246. The molecule has 18 heavy (non-hydrogen) atoms. The van der Waals surface area contributed by atoms with Crippen molar-refractivity contribution in [2.24, 2.45) is 0 Å². The zero-order valence-electron chi connectivity index (χ0n) is 12.0. The Bertz CT molecular complexity index is 409. The van der Waals surface area contributed by atoms with Gasteiger partial charge in [0.15, 0.2) is 0 Å². The first kappa shape index (κ1) is 15.1. The van der Waals surface area contributed by atoms with E-state index < -0.39 is 0 Å². The molecule has 0 fully saturated rings. The number of carbonyl (C=O) groups is 1. The lowest BCUT2D eigenvalue weighted by Crippen LogP contribution is -2.49. The Hall–Kier alpha value is -0.940. The first-order valence-corrected chi connectivity index (χ1v) is 7.06. The van der Waals surface area contributed by atoms with Gasteiger partial charge < -0.3 is 5.32 Å². The maximum atomic E-state index is 12.0. The summed E-state index contributed by atoms with van der Waals surface area (Å²) in [6, 6.07) is -0.0843. The molecule has 1 amide bonds. The molecule has 0 aliphatic heterocycles. The van der Waals surface area contributed by atoms with Crippen molar-refractivity contribution in [1.29, 1.82) is 0 Å². The summed E-state index contributed by atoms with van der Waals surface area (Å²) in [6.07, 6.45) is 0. The van der Waals surface area contributed by atoms with Gasteiger partial charge in [-0.2, -0.15) is 0 Å². The quantitative estimate of drug-likeness (QED) is 0.882. The molecular weight excluding hydrogens is 246 g/mol. The van der Waals surface area contributed by atoms with E-state index in [0.29, 0.717) is 0 Å². The topological polar surface area (TPSA) is 54.0 Å². The molecule has 0 bridgehead atoms. The summed E-state index contributed by atoms with van der Waals surface area (Å²) in [6.45, 7) is 11.9. The molecule has 1 heterocycles. The standard InChI is InChI=1S/C13H23N3OS/c1-8-11(18-7-14-8)9(2)15-10(3)12(17)16-13(4,5)6/h7,9-10,15H,1-6H3,(H,16,17). The number of aromatic nitrogens is 1. The van der Waals surface area contributed by atoms with E-state index in [0.717, 1.165) is 5.69 Å². The largest absolute Gasteiger partial charge is 0.350 e. The van der Waals surface area contributed by atoms with Crippen LogP contribution in [-0.2, 0) is 4.79 Å². The van der Waals surface area contributed by atoms with Gasteiger partial charge in [-0.1, -0.05) is 0 Å². The van der Waals surface area contributed by atoms with Crippen LogP contribution in [0.5, 0.6) is 0 Å². The van der Waals surface area contributed by atoms with E-state index in [-0.39, 0.29) is 23.5 Å². The van der Waals surface area contributed by atoms with Crippen molar-refractivity contribution < 1.29 is 4.79 Å². The van der Waals surface area contributed by atoms with Gasteiger partial charge in [-0.05, 0) is 41.5 Å². The Morgan fingerprint density at radius 2 is 2.00 bits per heavy atom. The van der Waals surface area contributed by atoms with E-state index in [2.05, 4.69) is 22.5 Å². The molecule has 0 radical (unpaired) electrons. The van der Waals surface area contributed by atoms with Crippen LogP contribution in [0.2, 0.25) is 0 Å². The van der Waals surface area contributed by atoms with Crippen molar-refractivity contribution in [1.82, 2.24) is 15.6 Å². The molecule has 0 saturated heterocycles. The number of hydrogen-bond donors (Lipinski definition) is 2. The highest BCUT2D eigenvalue weighted by molar-refractivity contribution is 7.09. The van der Waals surface area contributed by atoms with Gasteiger partial charge in [0.25, 0.3) is 0 Å². The van der Waals surface area contributed by atoms with Crippen LogP contribution in [0.3, 0.4) is 0 Å². The highest BCUT2D eigenvalue weighted by Crippen LogP contribution is 2.21. The SMILES string of the molecule is Cc1ncsc1C(C)NC(C)C(=O)NC(C)(C)C. The lowest BCUT2D eigenvalue weighted by atomic mass is 10.1. The molecule has 1 aromatic heterocycles. The average molecular weight is 269 g/mol. The Balaban J connectivity index is 2.57. The van der Waals surface area contributed by atoms with Gasteiger partial charge in [0.2, 0.25) is 5.91 Å². The molecule has 102 valence electrons. The van der Waals surface area contributed by atoms with Crippen LogP contribution < -0.4 is 10.6 Å². The summed E-state index contributed by atoms with van der Waals surface area (Å²) in [5.74, 6) is 0.0246. The molecule has 2 N–H and O–H groups in total. The molecule has 1 aromatic rings. The van der Waals surface area contributed by atoms with E-state index in [1.165, 1.54) is 4.88 Å². The molecule has 5 heteroatoms. The van der Waals surface area contributed by atoms with Gasteiger partial charge in [0.05, 0.1) is 17.2 Å². The number of rotatable bonds is 4. The predicted octanol–water partition coefficient (Wildman–Crippen LogP) is 2.41. The molecule has 1 rings (SSSR count). The van der Waals surface area contributed by atoms with Crippen LogP contribution in [0, 0.1) is 6.92 Å². The Kier molecular flexibility index (Phi) is 4.87. The predicted molar refractivity (Wildman–Crippen MR) is 75.8 cm³/mol. The average Bonchev–Trinajstić information content (AvgIpc) is 2.61. The van der Waals surface area contributed by atoms with Gasteiger partial charge in [-0.3, -0.25) is 10.1 Å². The molecular formula is C13H23N3OS. The summed E-state index contributed by atoms with van der Waals surface area (Å²) in [5, 5.41) is 6.27. The second-order valence-electron chi connectivity index (χ2n) is 5.65.